The van der Waals surface area contributed by atoms with E-state index in [-0.39, 0.29) is 0 Å². The molecule has 0 saturated heterocycles. The molecule has 0 aliphatic rings. The highest BCUT2D eigenvalue weighted by Gasteiger charge is 2.51. The van der Waals surface area contributed by atoms with Crippen LogP contribution in [0.4, 0.5) is 15.8 Å². The highest BCUT2D eigenvalue weighted by Crippen LogP contribution is 2.43. The summed E-state index contributed by atoms with van der Waals surface area (Å²) in [6.07, 6.45) is 0. The minimum Gasteiger partial charge on any atom is -0.372 e. The number of anilines is 2. The van der Waals surface area contributed by atoms with Crippen molar-refractivity contribution >= 4 is 11.4 Å². The van der Waals surface area contributed by atoms with Crippen molar-refractivity contribution in [1.82, 2.24) is 0 Å². The Balaban J connectivity index is 2.26. The molecule has 0 amide bonds. The Morgan fingerprint density at radius 1 is 0.629 bits per heavy atom. The number of benzene rings is 3. The summed E-state index contributed by atoms with van der Waals surface area (Å²) in [7, 11) is -4.85. The lowest BCUT2D eigenvalue weighted by molar-refractivity contribution is -1.92. The van der Waals surface area contributed by atoms with Gasteiger partial charge in [0, 0.05) is 54.2 Å². The van der Waals surface area contributed by atoms with Crippen LogP contribution in [-0.2, 0) is 9.89 Å². The van der Waals surface area contributed by atoms with Gasteiger partial charge in [-0.15, -0.1) is 0 Å². The van der Waals surface area contributed by atoms with E-state index in [4.69, 9.17) is 4.29 Å². The van der Waals surface area contributed by atoms with Crippen LogP contribution in [-0.4, -0.2) is 26.2 Å². The van der Waals surface area contributed by atoms with Crippen molar-refractivity contribution in [2.45, 2.75) is 33.3 Å². The van der Waals surface area contributed by atoms with Crippen LogP contribution >= 0.6 is 0 Å². The Hall–Kier alpha value is -2.68. The molecule has 0 atom stereocenters. The molecule has 0 spiro atoms. The second kappa shape index (κ2) is 11.4. The summed E-state index contributed by atoms with van der Waals surface area (Å²) in [6.45, 7) is 11.4. The van der Waals surface area contributed by atoms with Gasteiger partial charge in [-0.05, 0) is 64.1 Å². The van der Waals surface area contributed by atoms with Gasteiger partial charge in [0.1, 0.15) is 5.82 Å². The third kappa shape index (κ3) is 5.94. The molecule has 0 bridgehead atoms. The van der Waals surface area contributed by atoms with Gasteiger partial charge >= 0.3 is 0 Å². The van der Waals surface area contributed by atoms with E-state index >= 15 is 0 Å². The van der Waals surface area contributed by atoms with Crippen molar-refractivity contribution in [3.05, 3.63) is 95.3 Å². The zero-order valence-corrected chi connectivity index (χ0v) is 21.3. The fourth-order valence-corrected chi connectivity index (χ4v) is 5.00. The molecular formula is C27H32ClFN2O4. The second-order valence-electron chi connectivity index (χ2n) is 8.08. The molecule has 0 radical (unpaired) electrons. The molecule has 0 N–H and O–H groups in total. The van der Waals surface area contributed by atoms with Gasteiger partial charge in [0.2, 0.25) is 0 Å². The Labute approximate surface area is 208 Å². The van der Waals surface area contributed by atoms with Crippen LogP contribution in [0.2, 0.25) is 0 Å². The lowest BCUT2D eigenvalue weighted by atomic mass is 9.80. The summed E-state index contributed by atoms with van der Waals surface area (Å²) in [6, 6.07) is 19.8. The summed E-state index contributed by atoms with van der Waals surface area (Å²) in [5.74, 6) is -0.487. The Morgan fingerprint density at radius 2 is 0.943 bits per heavy atom. The molecule has 3 aromatic carbocycles. The highest BCUT2D eigenvalue weighted by atomic mass is 35.7. The summed E-state index contributed by atoms with van der Waals surface area (Å²) >= 11 is 0. The molecule has 35 heavy (non-hydrogen) atoms. The molecule has 0 fully saturated rings. The standard InChI is InChI=1S/C27H32ClFN2O4/c1-5-30(6-2)25-17-11-22(12-18-25)27(35-28(32,33)34,21-9-15-24(29)16-10-21)23-13-19-26(20-14-23)31(7-3)8-4/h9-20H,5-8H2,1-4H3. The SMILES string of the molecule is CCN(CC)c1ccc(C(O[Cl+3]([O-])([O-])[O-])(c2ccc(F)cc2)c2ccc(N(CC)CC)cc2)cc1. The number of halogens is 2. The lowest BCUT2D eigenvalue weighted by Crippen LogP contribution is -2.64. The quantitative estimate of drug-likeness (QED) is 0.375. The van der Waals surface area contributed by atoms with Crippen LogP contribution in [0.5, 0.6) is 0 Å². The van der Waals surface area contributed by atoms with Crippen LogP contribution in [0.25, 0.3) is 0 Å². The number of hydrogen-bond acceptors (Lipinski definition) is 6. The van der Waals surface area contributed by atoms with E-state index in [2.05, 4.69) is 9.80 Å². The first-order valence-electron chi connectivity index (χ1n) is 11.8. The summed E-state index contributed by atoms with van der Waals surface area (Å²) in [4.78, 5) is 4.29. The normalized spacial score (nSPS) is 12.0. The van der Waals surface area contributed by atoms with E-state index in [0.717, 1.165) is 37.6 Å². The molecule has 0 aliphatic carbocycles. The number of nitrogens with zero attached hydrogens (tertiary/aromatic N) is 2. The molecule has 188 valence electrons. The molecule has 3 rings (SSSR count). The summed E-state index contributed by atoms with van der Waals surface area (Å²) in [5, 5.41) is 0. The van der Waals surface area contributed by atoms with Crippen LogP contribution in [0, 0.1) is 16.1 Å². The van der Waals surface area contributed by atoms with Crippen molar-refractivity contribution in [1.29, 1.82) is 0 Å². The third-order valence-electron chi connectivity index (χ3n) is 6.27. The molecule has 0 heterocycles. The topological polar surface area (TPSA) is 84.9 Å². The van der Waals surface area contributed by atoms with Crippen molar-refractivity contribution in [3.8, 4) is 0 Å². The predicted molar refractivity (Wildman–Crippen MR) is 127 cm³/mol. The van der Waals surface area contributed by atoms with Crippen molar-refractivity contribution in [3.63, 3.8) is 0 Å². The Kier molecular flexibility index (Phi) is 8.74. The fraction of sp³-hybridized carbons (Fsp3) is 0.333. The summed E-state index contributed by atoms with van der Waals surface area (Å²) < 4.78 is 55.4. The van der Waals surface area contributed by atoms with E-state index < -0.39 is 21.7 Å². The van der Waals surface area contributed by atoms with E-state index in [1.165, 1.54) is 24.3 Å². The van der Waals surface area contributed by atoms with Crippen molar-refractivity contribution in [2.75, 3.05) is 36.0 Å². The lowest BCUT2D eigenvalue weighted by Gasteiger charge is -2.32. The first kappa shape index (κ1) is 26.9. The molecule has 3 aromatic rings. The molecule has 0 aliphatic heterocycles. The van der Waals surface area contributed by atoms with E-state index in [1.54, 1.807) is 24.3 Å². The van der Waals surface area contributed by atoms with E-state index in [0.29, 0.717) is 16.7 Å². The monoisotopic (exact) mass is 502 g/mol. The maximum atomic E-state index is 13.8. The highest BCUT2D eigenvalue weighted by molar-refractivity contribution is 5.56. The second-order valence-corrected chi connectivity index (χ2v) is 8.99. The zero-order valence-electron chi connectivity index (χ0n) is 20.5. The van der Waals surface area contributed by atoms with Crippen LogP contribution < -0.4 is 23.8 Å². The number of rotatable bonds is 11. The first-order valence-corrected chi connectivity index (χ1v) is 13.0. The molecular weight excluding hydrogens is 471 g/mol. The average Bonchev–Trinajstić information content (AvgIpc) is 2.85. The van der Waals surface area contributed by atoms with Gasteiger partial charge in [-0.2, -0.15) is 14.0 Å². The molecule has 0 aromatic heterocycles. The zero-order chi connectivity index (χ0) is 25.6. The van der Waals surface area contributed by atoms with Crippen LogP contribution in [0.3, 0.4) is 0 Å². The summed E-state index contributed by atoms with van der Waals surface area (Å²) in [5.41, 5.74) is 1.28. The predicted octanol–water partition coefficient (Wildman–Crippen LogP) is 2.72. The first-order chi connectivity index (χ1) is 16.7. The Bertz CT molecular complexity index is 1010. The van der Waals surface area contributed by atoms with Gasteiger partial charge in [0.25, 0.3) is 5.60 Å². The van der Waals surface area contributed by atoms with Gasteiger partial charge in [0.05, 0.1) is 14.5 Å². The third-order valence-corrected chi connectivity index (χ3v) is 6.69. The largest absolute Gasteiger partial charge is 0.372 e. The minimum absolute atomic E-state index is 0.317. The van der Waals surface area contributed by atoms with E-state index in [1.807, 2.05) is 52.0 Å². The minimum atomic E-state index is -4.85. The number of hydrogen-bond donors (Lipinski definition) is 0. The smallest absolute Gasteiger partial charge is 0.298 e. The van der Waals surface area contributed by atoms with Crippen LogP contribution in [0.1, 0.15) is 44.4 Å². The van der Waals surface area contributed by atoms with Crippen molar-refractivity contribution in [2.24, 2.45) is 0 Å². The van der Waals surface area contributed by atoms with Gasteiger partial charge in [-0.1, -0.05) is 36.4 Å². The van der Waals surface area contributed by atoms with Gasteiger partial charge in [-0.25, -0.2) is 4.39 Å². The average molecular weight is 503 g/mol. The van der Waals surface area contributed by atoms with E-state index in [9.17, 15) is 18.4 Å². The van der Waals surface area contributed by atoms with Crippen molar-refractivity contribution < 1.29 is 32.9 Å². The van der Waals surface area contributed by atoms with Gasteiger partial charge < -0.3 is 9.80 Å². The fourth-order valence-electron chi connectivity index (χ4n) is 4.45. The molecule has 0 saturated carbocycles. The molecule has 6 nitrogen and oxygen atoms in total. The Morgan fingerprint density at radius 3 is 1.23 bits per heavy atom. The van der Waals surface area contributed by atoms with Gasteiger partial charge in [-0.3, -0.25) is 0 Å². The molecule has 0 unspecified atom stereocenters. The van der Waals surface area contributed by atoms with Gasteiger partial charge in [0.15, 0.2) is 0 Å². The maximum Gasteiger partial charge on any atom is 0.298 e. The maximum absolute atomic E-state index is 13.8. The van der Waals surface area contributed by atoms with Crippen LogP contribution in [0.15, 0.2) is 72.8 Å². The molecule has 8 heteroatoms.